The molecule has 0 aliphatic heterocycles. The quantitative estimate of drug-likeness (QED) is 0.729. The molecular formula is C17H13Cl2NO. The summed E-state index contributed by atoms with van der Waals surface area (Å²) in [6.07, 6.45) is 0.138. The molecule has 2 nitrogen and oxygen atoms in total. The molecule has 0 radical (unpaired) electrons. The number of nitrogens with zero attached hydrogens (tertiary/aromatic N) is 1. The van der Waals surface area contributed by atoms with Crippen molar-refractivity contribution in [1.29, 1.82) is 5.26 Å². The molecular weight excluding hydrogens is 305 g/mol. The number of nitriles is 1. The van der Waals surface area contributed by atoms with Crippen LogP contribution in [0.3, 0.4) is 0 Å². The molecule has 2 aromatic carbocycles. The average molecular weight is 318 g/mol. The first-order valence-corrected chi connectivity index (χ1v) is 7.21. The van der Waals surface area contributed by atoms with Crippen molar-refractivity contribution in [2.45, 2.75) is 19.3 Å². The minimum Gasteiger partial charge on any atom is -0.294 e. The second-order valence-electron chi connectivity index (χ2n) is 4.82. The molecule has 0 bridgehead atoms. The summed E-state index contributed by atoms with van der Waals surface area (Å²) in [6.45, 7) is 1.85. The number of Topliss-reactive ketones (excluding diaryl/α,β-unsaturated/α-hetero) is 1. The van der Waals surface area contributed by atoms with E-state index in [0.717, 1.165) is 11.1 Å². The molecule has 0 amide bonds. The SMILES string of the molecule is Cc1cc(C(=O)CC(C#N)c2ccc(Cl)cc2)ccc1Cl. The average Bonchev–Trinajstić information content (AvgIpc) is 2.48. The first-order valence-electron chi connectivity index (χ1n) is 6.45. The molecule has 0 fully saturated rings. The summed E-state index contributed by atoms with van der Waals surface area (Å²) < 4.78 is 0. The van der Waals surface area contributed by atoms with E-state index in [1.54, 1.807) is 42.5 Å². The van der Waals surface area contributed by atoms with Crippen molar-refractivity contribution in [1.82, 2.24) is 0 Å². The number of carbonyl (C=O) groups excluding carboxylic acids is 1. The van der Waals surface area contributed by atoms with Crippen molar-refractivity contribution in [3.8, 4) is 6.07 Å². The zero-order valence-electron chi connectivity index (χ0n) is 11.4. The Morgan fingerprint density at radius 2 is 1.86 bits per heavy atom. The standard InChI is InChI=1S/C17H13Cl2NO/c1-11-8-13(4-7-16(11)19)17(21)9-14(10-20)12-2-5-15(18)6-3-12/h2-8,14H,9H2,1H3. The van der Waals surface area contributed by atoms with E-state index < -0.39 is 5.92 Å². The Balaban J connectivity index is 2.18. The van der Waals surface area contributed by atoms with Gasteiger partial charge in [-0.2, -0.15) is 5.26 Å². The molecule has 0 heterocycles. The minimum absolute atomic E-state index is 0.0729. The van der Waals surface area contributed by atoms with Crippen LogP contribution >= 0.6 is 23.2 Å². The lowest BCUT2D eigenvalue weighted by atomic mass is 9.92. The van der Waals surface area contributed by atoms with E-state index >= 15 is 0 Å². The first kappa shape index (κ1) is 15.6. The van der Waals surface area contributed by atoms with E-state index in [1.165, 1.54) is 0 Å². The van der Waals surface area contributed by atoms with Crippen LogP contribution in [-0.2, 0) is 0 Å². The van der Waals surface area contributed by atoms with Crippen LogP contribution in [0.1, 0.15) is 33.8 Å². The third-order valence-corrected chi connectivity index (χ3v) is 3.97. The highest BCUT2D eigenvalue weighted by Gasteiger charge is 2.17. The number of halogens is 2. The molecule has 0 saturated carbocycles. The summed E-state index contributed by atoms with van der Waals surface area (Å²) in [7, 11) is 0. The molecule has 4 heteroatoms. The molecule has 0 aromatic heterocycles. The largest absolute Gasteiger partial charge is 0.294 e. The first-order chi connectivity index (χ1) is 10.0. The molecule has 1 atom stereocenters. The van der Waals surface area contributed by atoms with Gasteiger partial charge in [-0.15, -0.1) is 0 Å². The highest BCUT2D eigenvalue weighted by atomic mass is 35.5. The van der Waals surface area contributed by atoms with Crippen LogP contribution < -0.4 is 0 Å². The normalized spacial score (nSPS) is 11.7. The third kappa shape index (κ3) is 3.85. The maximum Gasteiger partial charge on any atom is 0.164 e. The number of aryl methyl sites for hydroxylation is 1. The Bertz CT molecular complexity index is 702. The molecule has 0 aliphatic carbocycles. The molecule has 2 aromatic rings. The summed E-state index contributed by atoms with van der Waals surface area (Å²) in [5, 5.41) is 10.5. The molecule has 0 N–H and O–H groups in total. The van der Waals surface area contributed by atoms with Crippen LogP contribution in [0.2, 0.25) is 10.0 Å². The van der Waals surface area contributed by atoms with Gasteiger partial charge in [0, 0.05) is 22.0 Å². The van der Waals surface area contributed by atoms with Crippen LogP contribution in [0.5, 0.6) is 0 Å². The number of carbonyl (C=O) groups is 1. The van der Waals surface area contributed by atoms with Crippen molar-refractivity contribution in [3.63, 3.8) is 0 Å². The van der Waals surface area contributed by atoms with Gasteiger partial charge in [-0.05, 0) is 48.4 Å². The second-order valence-corrected chi connectivity index (χ2v) is 5.67. The Morgan fingerprint density at radius 1 is 1.19 bits per heavy atom. The van der Waals surface area contributed by atoms with Gasteiger partial charge in [0.1, 0.15) is 0 Å². The number of hydrogen-bond donors (Lipinski definition) is 0. The van der Waals surface area contributed by atoms with Crippen molar-refractivity contribution >= 4 is 29.0 Å². The second kappa shape index (κ2) is 6.76. The molecule has 0 aliphatic rings. The fraction of sp³-hybridized carbons (Fsp3) is 0.176. The topological polar surface area (TPSA) is 40.9 Å². The Kier molecular flexibility index (Phi) is 5.01. The van der Waals surface area contributed by atoms with Crippen LogP contribution in [0.25, 0.3) is 0 Å². The molecule has 21 heavy (non-hydrogen) atoms. The predicted molar refractivity (Wildman–Crippen MR) is 84.9 cm³/mol. The molecule has 2 rings (SSSR count). The maximum absolute atomic E-state index is 12.3. The number of rotatable bonds is 4. The minimum atomic E-state index is -0.481. The van der Waals surface area contributed by atoms with Crippen LogP contribution in [0.4, 0.5) is 0 Å². The molecule has 0 saturated heterocycles. The van der Waals surface area contributed by atoms with E-state index in [9.17, 15) is 10.1 Å². The summed E-state index contributed by atoms with van der Waals surface area (Å²) in [6, 6.07) is 14.3. The van der Waals surface area contributed by atoms with Gasteiger partial charge < -0.3 is 0 Å². The monoisotopic (exact) mass is 317 g/mol. The Morgan fingerprint density at radius 3 is 2.43 bits per heavy atom. The lowest BCUT2D eigenvalue weighted by Crippen LogP contribution is -2.06. The van der Waals surface area contributed by atoms with Gasteiger partial charge in [-0.1, -0.05) is 35.3 Å². The fourth-order valence-electron chi connectivity index (χ4n) is 2.05. The van der Waals surface area contributed by atoms with Crippen molar-refractivity contribution in [3.05, 3.63) is 69.2 Å². The smallest absolute Gasteiger partial charge is 0.164 e. The highest BCUT2D eigenvalue weighted by molar-refractivity contribution is 6.31. The third-order valence-electron chi connectivity index (χ3n) is 3.30. The maximum atomic E-state index is 12.3. The molecule has 1 unspecified atom stereocenters. The van der Waals surface area contributed by atoms with Gasteiger partial charge >= 0.3 is 0 Å². The van der Waals surface area contributed by atoms with Crippen LogP contribution in [0, 0.1) is 18.3 Å². The fourth-order valence-corrected chi connectivity index (χ4v) is 2.30. The van der Waals surface area contributed by atoms with Gasteiger partial charge in [0.2, 0.25) is 0 Å². The predicted octanol–water partition coefficient (Wildman–Crippen LogP) is 5.18. The van der Waals surface area contributed by atoms with Gasteiger partial charge in [-0.3, -0.25) is 4.79 Å². The summed E-state index contributed by atoms with van der Waals surface area (Å²) >= 11 is 11.8. The Labute approximate surface area is 133 Å². The number of hydrogen-bond acceptors (Lipinski definition) is 2. The van der Waals surface area contributed by atoms with Gasteiger partial charge in [0.25, 0.3) is 0 Å². The summed E-state index contributed by atoms with van der Waals surface area (Å²) in [5.41, 5.74) is 2.22. The molecule has 0 spiro atoms. The zero-order chi connectivity index (χ0) is 15.4. The van der Waals surface area contributed by atoms with Crippen molar-refractivity contribution < 1.29 is 4.79 Å². The highest BCUT2D eigenvalue weighted by Crippen LogP contribution is 2.24. The van der Waals surface area contributed by atoms with E-state index in [2.05, 4.69) is 6.07 Å². The Hall–Kier alpha value is -1.82. The van der Waals surface area contributed by atoms with Crippen LogP contribution in [0.15, 0.2) is 42.5 Å². The number of ketones is 1. The summed E-state index contributed by atoms with van der Waals surface area (Å²) in [5.74, 6) is -0.554. The van der Waals surface area contributed by atoms with Crippen molar-refractivity contribution in [2.75, 3.05) is 0 Å². The van der Waals surface area contributed by atoms with Gasteiger partial charge in [0.15, 0.2) is 5.78 Å². The van der Waals surface area contributed by atoms with Gasteiger partial charge in [0.05, 0.1) is 12.0 Å². The number of benzene rings is 2. The van der Waals surface area contributed by atoms with Crippen molar-refractivity contribution in [2.24, 2.45) is 0 Å². The lowest BCUT2D eigenvalue weighted by Gasteiger charge is -2.09. The zero-order valence-corrected chi connectivity index (χ0v) is 12.9. The van der Waals surface area contributed by atoms with E-state index in [4.69, 9.17) is 23.2 Å². The van der Waals surface area contributed by atoms with Crippen LogP contribution in [-0.4, -0.2) is 5.78 Å². The van der Waals surface area contributed by atoms with Gasteiger partial charge in [-0.25, -0.2) is 0 Å². The molecule has 106 valence electrons. The lowest BCUT2D eigenvalue weighted by molar-refractivity contribution is 0.0979. The van der Waals surface area contributed by atoms with E-state index in [1.807, 2.05) is 6.92 Å². The van der Waals surface area contributed by atoms with E-state index in [0.29, 0.717) is 15.6 Å². The van der Waals surface area contributed by atoms with E-state index in [-0.39, 0.29) is 12.2 Å². The summed E-state index contributed by atoms with van der Waals surface area (Å²) in [4.78, 5) is 12.3.